The lowest BCUT2D eigenvalue weighted by Gasteiger charge is -2.18. The minimum atomic E-state index is -1.64. The van der Waals surface area contributed by atoms with Crippen molar-refractivity contribution < 1.29 is 29.7 Å². The predicted octanol–water partition coefficient (Wildman–Crippen LogP) is -0.808. The second-order valence-corrected chi connectivity index (χ2v) is 3.30. The van der Waals surface area contributed by atoms with E-state index in [1.165, 1.54) is 0 Å². The van der Waals surface area contributed by atoms with E-state index >= 15 is 0 Å². The lowest BCUT2D eigenvalue weighted by Crippen LogP contribution is -2.49. The SMILES string of the molecule is CCCC(=O)N[C@H](C(=O)O)C(O)CC(=O)O. The number of aliphatic hydroxyl groups is 1. The number of hydrogen-bond donors (Lipinski definition) is 4. The third kappa shape index (κ3) is 5.30. The summed E-state index contributed by atoms with van der Waals surface area (Å²) in [5.74, 6) is -3.32. The number of nitrogens with one attached hydrogen (secondary N) is 1. The Morgan fingerprint density at radius 3 is 2.19 bits per heavy atom. The number of carboxylic acid groups (broad SMARTS) is 2. The molecule has 0 aliphatic rings. The quantitative estimate of drug-likeness (QED) is 0.456. The van der Waals surface area contributed by atoms with Crippen LogP contribution in [0, 0.1) is 0 Å². The van der Waals surface area contributed by atoms with Crippen LogP contribution in [0.15, 0.2) is 0 Å². The molecular weight excluding hydrogens is 218 g/mol. The number of aliphatic hydroxyl groups excluding tert-OH is 1. The highest BCUT2D eigenvalue weighted by Gasteiger charge is 2.29. The fourth-order valence-electron chi connectivity index (χ4n) is 1.09. The Bertz CT molecular complexity index is 277. The van der Waals surface area contributed by atoms with E-state index in [4.69, 9.17) is 10.2 Å². The summed E-state index contributed by atoms with van der Waals surface area (Å²) in [7, 11) is 0. The fourth-order valence-corrected chi connectivity index (χ4v) is 1.09. The molecule has 0 radical (unpaired) electrons. The van der Waals surface area contributed by atoms with Crippen molar-refractivity contribution in [3.05, 3.63) is 0 Å². The molecule has 0 heterocycles. The van der Waals surface area contributed by atoms with Crippen LogP contribution in [0.2, 0.25) is 0 Å². The van der Waals surface area contributed by atoms with Crippen LogP contribution in [0.3, 0.4) is 0 Å². The van der Waals surface area contributed by atoms with Gasteiger partial charge in [0.2, 0.25) is 5.91 Å². The molecule has 2 atom stereocenters. The van der Waals surface area contributed by atoms with Crippen molar-refractivity contribution in [2.45, 2.75) is 38.3 Å². The Kier molecular flexibility index (Phi) is 6.09. The third-order valence-electron chi connectivity index (χ3n) is 1.83. The smallest absolute Gasteiger partial charge is 0.328 e. The monoisotopic (exact) mass is 233 g/mol. The number of hydrogen-bond acceptors (Lipinski definition) is 4. The van der Waals surface area contributed by atoms with Gasteiger partial charge in [0.05, 0.1) is 12.5 Å². The minimum Gasteiger partial charge on any atom is -0.481 e. The molecule has 0 spiro atoms. The van der Waals surface area contributed by atoms with Gasteiger partial charge in [0.25, 0.3) is 0 Å². The second-order valence-electron chi connectivity index (χ2n) is 3.30. The fraction of sp³-hybridized carbons (Fsp3) is 0.667. The number of carbonyl (C=O) groups is 3. The van der Waals surface area contributed by atoms with E-state index in [9.17, 15) is 19.5 Å². The number of carbonyl (C=O) groups excluding carboxylic acids is 1. The lowest BCUT2D eigenvalue weighted by atomic mass is 10.1. The van der Waals surface area contributed by atoms with Crippen molar-refractivity contribution in [3.8, 4) is 0 Å². The number of rotatable bonds is 7. The van der Waals surface area contributed by atoms with E-state index < -0.39 is 36.4 Å². The molecule has 1 amide bonds. The maximum Gasteiger partial charge on any atom is 0.328 e. The number of aliphatic carboxylic acids is 2. The zero-order chi connectivity index (χ0) is 12.7. The summed E-state index contributed by atoms with van der Waals surface area (Å²) in [5, 5.41) is 28.5. The molecule has 16 heavy (non-hydrogen) atoms. The van der Waals surface area contributed by atoms with Crippen LogP contribution >= 0.6 is 0 Å². The van der Waals surface area contributed by atoms with Crippen molar-refractivity contribution in [1.82, 2.24) is 5.32 Å². The van der Waals surface area contributed by atoms with Crippen LogP contribution in [0.25, 0.3) is 0 Å². The molecule has 0 saturated carbocycles. The normalized spacial score (nSPS) is 13.9. The van der Waals surface area contributed by atoms with Gasteiger partial charge in [-0.1, -0.05) is 6.92 Å². The van der Waals surface area contributed by atoms with Crippen LogP contribution in [-0.4, -0.2) is 45.3 Å². The number of amides is 1. The molecule has 0 rings (SSSR count). The van der Waals surface area contributed by atoms with Gasteiger partial charge in [-0.25, -0.2) is 4.79 Å². The van der Waals surface area contributed by atoms with E-state index in [0.717, 1.165) is 0 Å². The zero-order valence-electron chi connectivity index (χ0n) is 8.84. The number of carboxylic acids is 2. The first-order valence-electron chi connectivity index (χ1n) is 4.80. The van der Waals surface area contributed by atoms with Crippen LogP contribution in [0.4, 0.5) is 0 Å². The van der Waals surface area contributed by atoms with Gasteiger partial charge in [-0.2, -0.15) is 0 Å². The van der Waals surface area contributed by atoms with Crippen LogP contribution in [0.5, 0.6) is 0 Å². The zero-order valence-corrected chi connectivity index (χ0v) is 8.84. The molecule has 0 bridgehead atoms. The molecule has 7 nitrogen and oxygen atoms in total. The molecule has 4 N–H and O–H groups in total. The standard InChI is InChI=1S/C9H15NO6/c1-2-3-6(12)10-8(9(15)16)5(11)4-7(13)14/h5,8,11H,2-4H2,1H3,(H,10,12)(H,13,14)(H,15,16)/t5?,8-/m0/s1. The summed E-state index contributed by atoms with van der Waals surface area (Å²) in [4.78, 5) is 32.1. The molecule has 0 aliphatic carbocycles. The summed E-state index contributed by atoms with van der Waals surface area (Å²) in [6.07, 6.45) is -1.71. The van der Waals surface area contributed by atoms with Gasteiger partial charge >= 0.3 is 11.9 Å². The first-order chi connectivity index (χ1) is 7.38. The van der Waals surface area contributed by atoms with Crippen LogP contribution in [0.1, 0.15) is 26.2 Å². The molecule has 0 saturated heterocycles. The maximum atomic E-state index is 11.1. The molecule has 0 aromatic carbocycles. The molecule has 0 aromatic rings. The Labute approximate surface area is 92.1 Å². The predicted molar refractivity (Wildman–Crippen MR) is 52.7 cm³/mol. The summed E-state index contributed by atoms with van der Waals surface area (Å²) >= 11 is 0. The summed E-state index contributed by atoms with van der Waals surface area (Å²) in [5.41, 5.74) is 0. The van der Waals surface area contributed by atoms with Gasteiger partial charge in [0, 0.05) is 6.42 Å². The van der Waals surface area contributed by atoms with Crippen molar-refractivity contribution in [2.24, 2.45) is 0 Å². The van der Waals surface area contributed by atoms with Gasteiger partial charge in [-0.15, -0.1) is 0 Å². The van der Waals surface area contributed by atoms with Crippen molar-refractivity contribution in [2.75, 3.05) is 0 Å². The Morgan fingerprint density at radius 2 is 1.81 bits per heavy atom. The van der Waals surface area contributed by atoms with Crippen molar-refractivity contribution in [1.29, 1.82) is 0 Å². The summed E-state index contributed by atoms with van der Waals surface area (Å²) in [6, 6.07) is -1.59. The van der Waals surface area contributed by atoms with Crippen molar-refractivity contribution in [3.63, 3.8) is 0 Å². The lowest BCUT2D eigenvalue weighted by molar-refractivity contribution is -0.147. The average molecular weight is 233 g/mol. The Balaban J connectivity index is 4.43. The Hall–Kier alpha value is -1.63. The summed E-state index contributed by atoms with van der Waals surface area (Å²) < 4.78 is 0. The van der Waals surface area contributed by atoms with Gasteiger partial charge in [-0.3, -0.25) is 9.59 Å². The van der Waals surface area contributed by atoms with Crippen LogP contribution in [-0.2, 0) is 14.4 Å². The van der Waals surface area contributed by atoms with E-state index in [2.05, 4.69) is 5.32 Å². The molecular formula is C9H15NO6. The highest BCUT2D eigenvalue weighted by Crippen LogP contribution is 2.01. The highest BCUT2D eigenvalue weighted by molar-refractivity contribution is 5.84. The largest absolute Gasteiger partial charge is 0.481 e. The molecule has 92 valence electrons. The van der Waals surface area contributed by atoms with Gasteiger partial charge in [-0.05, 0) is 6.42 Å². The highest BCUT2D eigenvalue weighted by atomic mass is 16.4. The van der Waals surface area contributed by atoms with E-state index in [0.29, 0.717) is 6.42 Å². The van der Waals surface area contributed by atoms with Crippen molar-refractivity contribution >= 4 is 17.8 Å². The van der Waals surface area contributed by atoms with Gasteiger partial charge in [0.1, 0.15) is 0 Å². The van der Waals surface area contributed by atoms with Gasteiger partial charge < -0.3 is 20.6 Å². The average Bonchev–Trinajstić information content (AvgIpc) is 2.12. The Morgan fingerprint density at radius 1 is 1.25 bits per heavy atom. The molecule has 0 fully saturated rings. The van der Waals surface area contributed by atoms with E-state index in [1.807, 2.05) is 0 Å². The first-order valence-corrected chi connectivity index (χ1v) is 4.80. The minimum absolute atomic E-state index is 0.129. The molecule has 0 aromatic heterocycles. The third-order valence-corrected chi connectivity index (χ3v) is 1.83. The molecule has 0 aliphatic heterocycles. The maximum absolute atomic E-state index is 11.1. The molecule has 7 heteroatoms. The first kappa shape index (κ1) is 14.4. The molecule has 1 unspecified atom stereocenters. The van der Waals surface area contributed by atoms with Crippen LogP contribution < -0.4 is 5.32 Å². The van der Waals surface area contributed by atoms with Gasteiger partial charge in [0.15, 0.2) is 6.04 Å². The van der Waals surface area contributed by atoms with E-state index in [-0.39, 0.29) is 6.42 Å². The summed E-state index contributed by atoms with van der Waals surface area (Å²) in [6.45, 7) is 1.74. The topological polar surface area (TPSA) is 124 Å². The second kappa shape index (κ2) is 6.78. The van der Waals surface area contributed by atoms with E-state index in [1.54, 1.807) is 6.92 Å².